The second-order valence-corrected chi connectivity index (χ2v) is 5.13. The molecule has 76 valence electrons. The Morgan fingerprint density at radius 2 is 2.21 bits per heavy atom. The molecule has 1 aromatic rings. The molecule has 1 heterocycles. The van der Waals surface area contributed by atoms with E-state index in [0.29, 0.717) is 12.8 Å². The van der Waals surface area contributed by atoms with Gasteiger partial charge in [-0.15, -0.1) is 11.3 Å². The summed E-state index contributed by atoms with van der Waals surface area (Å²) in [4.78, 5) is 0.897. The number of hydrogen-bond donors (Lipinski definition) is 2. The summed E-state index contributed by atoms with van der Waals surface area (Å²) in [5, 5.41) is 22.2. The molecule has 0 spiro atoms. The lowest BCUT2D eigenvalue weighted by molar-refractivity contribution is -0.0378. The Morgan fingerprint density at radius 1 is 1.43 bits per heavy atom. The largest absolute Gasteiger partial charge is 0.390 e. The van der Waals surface area contributed by atoms with Gasteiger partial charge in [-0.1, -0.05) is 18.2 Å². The van der Waals surface area contributed by atoms with Gasteiger partial charge in [0.1, 0.15) is 5.60 Å². The Labute approximate surface area is 87.5 Å². The molecule has 0 fully saturated rings. The summed E-state index contributed by atoms with van der Waals surface area (Å²) >= 11 is 1.52. The minimum Gasteiger partial charge on any atom is -0.390 e. The van der Waals surface area contributed by atoms with Crippen LogP contribution in [0.5, 0.6) is 0 Å². The maximum Gasteiger partial charge on any atom is 0.120 e. The van der Waals surface area contributed by atoms with Crippen molar-refractivity contribution in [1.82, 2.24) is 0 Å². The molecule has 1 aromatic heterocycles. The van der Waals surface area contributed by atoms with E-state index >= 15 is 0 Å². The number of thiophene rings is 1. The molecule has 2 unspecified atom stereocenters. The molecule has 1 aliphatic rings. The molecule has 2 rings (SSSR count). The SMILES string of the molecule is CC1(O)CC=CC(O)(c2cccs2)C1. The zero-order valence-corrected chi connectivity index (χ0v) is 8.92. The van der Waals surface area contributed by atoms with Gasteiger partial charge in [0, 0.05) is 11.3 Å². The van der Waals surface area contributed by atoms with Crippen molar-refractivity contribution < 1.29 is 10.2 Å². The van der Waals surface area contributed by atoms with Crippen molar-refractivity contribution in [3.63, 3.8) is 0 Å². The van der Waals surface area contributed by atoms with Gasteiger partial charge in [0.05, 0.1) is 5.60 Å². The smallest absolute Gasteiger partial charge is 0.120 e. The van der Waals surface area contributed by atoms with Crippen LogP contribution in [-0.4, -0.2) is 15.8 Å². The summed E-state index contributed by atoms with van der Waals surface area (Å²) in [6.07, 6.45) is 4.62. The molecule has 0 saturated carbocycles. The van der Waals surface area contributed by atoms with Crippen molar-refractivity contribution in [3.05, 3.63) is 34.5 Å². The Kier molecular flexibility index (Phi) is 2.26. The summed E-state index contributed by atoms with van der Waals surface area (Å²) in [6, 6.07) is 3.81. The number of aliphatic hydroxyl groups is 2. The first-order valence-corrected chi connectivity index (χ1v) is 5.56. The van der Waals surface area contributed by atoms with Gasteiger partial charge >= 0.3 is 0 Å². The van der Waals surface area contributed by atoms with E-state index in [1.54, 1.807) is 13.0 Å². The molecule has 2 nitrogen and oxygen atoms in total. The molecule has 0 bridgehead atoms. The summed E-state index contributed by atoms with van der Waals surface area (Å²) in [7, 11) is 0. The van der Waals surface area contributed by atoms with Crippen LogP contribution in [0.15, 0.2) is 29.7 Å². The Balaban J connectivity index is 2.33. The van der Waals surface area contributed by atoms with Crippen LogP contribution < -0.4 is 0 Å². The molecule has 0 aliphatic heterocycles. The van der Waals surface area contributed by atoms with Crippen molar-refractivity contribution in [3.8, 4) is 0 Å². The highest BCUT2D eigenvalue weighted by atomic mass is 32.1. The second-order valence-electron chi connectivity index (χ2n) is 4.18. The summed E-state index contributed by atoms with van der Waals surface area (Å²) in [5.41, 5.74) is -1.77. The Morgan fingerprint density at radius 3 is 2.79 bits per heavy atom. The van der Waals surface area contributed by atoms with Crippen molar-refractivity contribution in [2.45, 2.75) is 31.0 Å². The topological polar surface area (TPSA) is 40.5 Å². The lowest BCUT2D eigenvalue weighted by Crippen LogP contribution is -2.38. The van der Waals surface area contributed by atoms with Crippen LogP contribution >= 0.6 is 11.3 Å². The van der Waals surface area contributed by atoms with Gasteiger partial charge in [-0.05, 0) is 24.8 Å². The molecular weight excluding hydrogens is 196 g/mol. The molecule has 1 aliphatic carbocycles. The molecule has 0 saturated heterocycles. The second kappa shape index (κ2) is 3.19. The summed E-state index contributed by atoms with van der Waals surface area (Å²) < 4.78 is 0. The zero-order chi connectivity index (χ0) is 10.2. The fourth-order valence-corrected chi connectivity index (χ4v) is 2.72. The van der Waals surface area contributed by atoms with E-state index in [1.807, 2.05) is 23.6 Å². The van der Waals surface area contributed by atoms with Crippen LogP contribution in [0.25, 0.3) is 0 Å². The third kappa shape index (κ3) is 1.75. The van der Waals surface area contributed by atoms with Gasteiger partial charge in [0.2, 0.25) is 0 Å². The van der Waals surface area contributed by atoms with E-state index in [-0.39, 0.29) is 0 Å². The summed E-state index contributed by atoms with van der Waals surface area (Å²) in [6.45, 7) is 1.76. The molecule has 2 N–H and O–H groups in total. The summed E-state index contributed by atoms with van der Waals surface area (Å²) in [5.74, 6) is 0. The minimum atomic E-state index is -0.976. The van der Waals surface area contributed by atoms with E-state index in [9.17, 15) is 10.2 Å². The van der Waals surface area contributed by atoms with E-state index < -0.39 is 11.2 Å². The molecule has 3 heteroatoms. The fourth-order valence-electron chi connectivity index (χ4n) is 1.91. The quantitative estimate of drug-likeness (QED) is 0.696. The molecule has 14 heavy (non-hydrogen) atoms. The maximum absolute atomic E-state index is 10.3. The average Bonchev–Trinajstić information content (AvgIpc) is 2.52. The van der Waals surface area contributed by atoms with Gasteiger partial charge in [-0.3, -0.25) is 0 Å². The van der Waals surface area contributed by atoms with E-state index in [1.165, 1.54) is 11.3 Å². The number of hydrogen-bond acceptors (Lipinski definition) is 3. The average molecular weight is 210 g/mol. The third-order valence-corrected chi connectivity index (χ3v) is 3.59. The number of rotatable bonds is 1. The minimum absolute atomic E-state index is 0.372. The predicted octanol–water partition coefficient (Wildman–Crippen LogP) is 2.04. The predicted molar refractivity (Wildman–Crippen MR) is 57.2 cm³/mol. The zero-order valence-electron chi connectivity index (χ0n) is 8.10. The van der Waals surface area contributed by atoms with E-state index in [4.69, 9.17) is 0 Å². The lowest BCUT2D eigenvalue weighted by Gasteiger charge is -2.35. The van der Waals surface area contributed by atoms with Crippen molar-refractivity contribution in [1.29, 1.82) is 0 Å². The van der Waals surface area contributed by atoms with Gasteiger partial charge < -0.3 is 10.2 Å². The molecule has 0 radical (unpaired) electrons. The molecular formula is C11H14O2S. The Hall–Kier alpha value is -0.640. The van der Waals surface area contributed by atoms with E-state index in [0.717, 1.165) is 4.88 Å². The van der Waals surface area contributed by atoms with Crippen LogP contribution in [0.3, 0.4) is 0 Å². The fraction of sp³-hybridized carbons (Fsp3) is 0.455. The van der Waals surface area contributed by atoms with Crippen molar-refractivity contribution in [2.24, 2.45) is 0 Å². The monoisotopic (exact) mass is 210 g/mol. The van der Waals surface area contributed by atoms with Crippen LogP contribution in [-0.2, 0) is 5.60 Å². The van der Waals surface area contributed by atoms with Gasteiger partial charge in [-0.25, -0.2) is 0 Å². The van der Waals surface area contributed by atoms with Crippen molar-refractivity contribution in [2.75, 3.05) is 0 Å². The highest BCUT2D eigenvalue weighted by Gasteiger charge is 2.38. The van der Waals surface area contributed by atoms with Crippen LogP contribution in [0.2, 0.25) is 0 Å². The first kappa shape index (κ1) is 9.90. The van der Waals surface area contributed by atoms with Gasteiger partial charge in [0.15, 0.2) is 0 Å². The first-order valence-electron chi connectivity index (χ1n) is 4.68. The van der Waals surface area contributed by atoms with E-state index in [2.05, 4.69) is 0 Å². The van der Waals surface area contributed by atoms with Gasteiger partial charge in [0.25, 0.3) is 0 Å². The maximum atomic E-state index is 10.3. The normalized spacial score (nSPS) is 37.4. The molecule has 2 atom stereocenters. The highest BCUT2D eigenvalue weighted by molar-refractivity contribution is 7.10. The van der Waals surface area contributed by atoms with Gasteiger partial charge in [-0.2, -0.15) is 0 Å². The molecule has 0 amide bonds. The Bertz CT molecular complexity index is 340. The third-order valence-electron chi connectivity index (χ3n) is 2.55. The van der Waals surface area contributed by atoms with Crippen LogP contribution in [0.1, 0.15) is 24.6 Å². The van der Waals surface area contributed by atoms with Crippen molar-refractivity contribution >= 4 is 11.3 Å². The van der Waals surface area contributed by atoms with Crippen LogP contribution in [0, 0.1) is 0 Å². The first-order chi connectivity index (χ1) is 6.52. The standard InChI is InChI=1S/C11H14O2S/c1-10(12)5-3-6-11(13,8-10)9-4-2-7-14-9/h2-4,6-7,12-13H,5,8H2,1H3. The van der Waals surface area contributed by atoms with Crippen LogP contribution in [0.4, 0.5) is 0 Å². The lowest BCUT2D eigenvalue weighted by atomic mass is 9.80. The molecule has 0 aromatic carbocycles. The highest BCUT2D eigenvalue weighted by Crippen LogP contribution is 2.39.